The molecule has 3 nitrogen and oxygen atoms in total. The molecule has 1 aromatic heterocycles. The number of nitrogens with one attached hydrogen (secondary N) is 1. The van der Waals surface area contributed by atoms with Gasteiger partial charge in [-0.2, -0.15) is 0 Å². The highest BCUT2D eigenvalue weighted by Crippen LogP contribution is 2.28. The number of nitrogens with two attached hydrogens (primary N) is 1. The summed E-state index contributed by atoms with van der Waals surface area (Å²) in [5.41, 5.74) is 6.97. The molecule has 0 spiro atoms. The zero-order valence-corrected chi connectivity index (χ0v) is 9.55. The SMILES string of the molecule is Nc1ncc(Br)cc1[C@H]1CCCCN1. The first-order valence-corrected chi connectivity index (χ1v) is 5.71. The first kappa shape index (κ1) is 9.93. The predicted octanol–water partition coefficient (Wildman–Crippen LogP) is 2.24. The van der Waals surface area contributed by atoms with Gasteiger partial charge in [0, 0.05) is 22.3 Å². The van der Waals surface area contributed by atoms with E-state index in [9.17, 15) is 0 Å². The first-order chi connectivity index (χ1) is 6.77. The lowest BCUT2D eigenvalue weighted by Crippen LogP contribution is -2.27. The van der Waals surface area contributed by atoms with Gasteiger partial charge in [0.25, 0.3) is 0 Å². The summed E-state index contributed by atoms with van der Waals surface area (Å²) in [5.74, 6) is 0.646. The lowest BCUT2D eigenvalue weighted by atomic mass is 9.98. The number of nitrogen functional groups attached to an aromatic ring is 1. The van der Waals surface area contributed by atoms with E-state index < -0.39 is 0 Å². The van der Waals surface area contributed by atoms with Crippen molar-refractivity contribution in [2.24, 2.45) is 0 Å². The van der Waals surface area contributed by atoms with E-state index in [0.717, 1.165) is 23.0 Å². The molecule has 14 heavy (non-hydrogen) atoms. The monoisotopic (exact) mass is 255 g/mol. The van der Waals surface area contributed by atoms with E-state index in [-0.39, 0.29) is 0 Å². The van der Waals surface area contributed by atoms with Crippen LogP contribution in [0.2, 0.25) is 0 Å². The number of rotatable bonds is 1. The number of hydrogen-bond donors (Lipinski definition) is 2. The third kappa shape index (κ3) is 2.07. The number of anilines is 1. The van der Waals surface area contributed by atoms with Gasteiger partial charge in [-0.15, -0.1) is 0 Å². The minimum Gasteiger partial charge on any atom is -0.383 e. The second kappa shape index (κ2) is 4.28. The van der Waals surface area contributed by atoms with Gasteiger partial charge in [-0.25, -0.2) is 4.98 Å². The quantitative estimate of drug-likeness (QED) is 0.810. The fraction of sp³-hybridized carbons (Fsp3) is 0.500. The number of halogens is 1. The third-order valence-corrected chi connectivity index (χ3v) is 3.04. The van der Waals surface area contributed by atoms with Crippen molar-refractivity contribution >= 4 is 21.7 Å². The average Bonchev–Trinajstić information content (AvgIpc) is 2.23. The number of pyridine rings is 1. The summed E-state index contributed by atoms with van der Waals surface area (Å²) in [7, 11) is 0. The standard InChI is InChI=1S/C10H14BrN3/c11-7-5-8(10(12)14-6-7)9-3-1-2-4-13-9/h5-6,9,13H,1-4H2,(H2,12,14)/t9-/m1/s1. The minimum absolute atomic E-state index is 0.383. The average molecular weight is 256 g/mol. The van der Waals surface area contributed by atoms with Crippen molar-refractivity contribution in [3.05, 3.63) is 22.3 Å². The maximum atomic E-state index is 5.85. The predicted molar refractivity (Wildman–Crippen MR) is 60.9 cm³/mol. The maximum absolute atomic E-state index is 5.85. The maximum Gasteiger partial charge on any atom is 0.128 e. The molecule has 1 aliphatic heterocycles. The largest absolute Gasteiger partial charge is 0.383 e. The molecule has 0 aliphatic carbocycles. The van der Waals surface area contributed by atoms with E-state index in [1.54, 1.807) is 6.20 Å². The van der Waals surface area contributed by atoms with E-state index >= 15 is 0 Å². The van der Waals surface area contributed by atoms with Crippen molar-refractivity contribution in [2.45, 2.75) is 25.3 Å². The zero-order chi connectivity index (χ0) is 9.97. The summed E-state index contributed by atoms with van der Waals surface area (Å²) in [6, 6.07) is 2.44. The Balaban J connectivity index is 2.24. The molecule has 3 N–H and O–H groups in total. The van der Waals surface area contributed by atoms with Crippen LogP contribution in [0.1, 0.15) is 30.9 Å². The van der Waals surface area contributed by atoms with Crippen LogP contribution in [0.5, 0.6) is 0 Å². The molecule has 4 heteroatoms. The minimum atomic E-state index is 0.383. The van der Waals surface area contributed by atoms with Crippen LogP contribution < -0.4 is 11.1 Å². The first-order valence-electron chi connectivity index (χ1n) is 4.91. The molecule has 76 valence electrons. The van der Waals surface area contributed by atoms with Crippen molar-refractivity contribution in [1.82, 2.24) is 10.3 Å². The molecule has 0 unspecified atom stereocenters. The van der Waals surface area contributed by atoms with Gasteiger partial charge in [-0.05, 0) is 41.4 Å². The van der Waals surface area contributed by atoms with Crippen molar-refractivity contribution < 1.29 is 0 Å². The van der Waals surface area contributed by atoms with Crippen molar-refractivity contribution in [3.8, 4) is 0 Å². The molecule has 0 aromatic carbocycles. The Bertz CT molecular complexity index is 321. The second-order valence-electron chi connectivity index (χ2n) is 3.63. The van der Waals surface area contributed by atoms with Gasteiger partial charge >= 0.3 is 0 Å². The summed E-state index contributed by atoms with van der Waals surface area (Å²) in [5, 5.41) is 3.46. The Kier molecular flexibility index (Phi) is 3.03. The Labute approximate surface area is 92.2 Å². The summed E-state index contributed by atoms with van der Waals surface area (Å²) in [4.78, 5) is 4.14. The van der Waals surface area contributed by atoms with Gasteiger partial charge in [0.05, 0.1) is 0 Å². The molecule has 0 bridgehead atoms. The van der Waals surface area contributed by atoms with Crippen LogP contribution in [0.4, 0.5) is 5.82 Å². The second-order valence-corrected chi connectivity index (χ2v) is 4.55. The molecule has 0 radical (unpaired) electrons. The van der Waals surface area contributed by atoms with Gasteiger partial charge in [0.2, 0.25) is 0 Å². The van der Waals surface area contributed by atoms with Gasteiger partial charge in [-0.1, -0.05) is 6.42 Å². The number of aromatic nitrogens is 1. The molecule has 2 rings (SSSR count). The normalized spacial score (nSPS) is 22.2. The molecule has 1 aliphatic rings. The fourth-order valence-corrected chi connectivity index (χ4v) is 2.21. The fourth-order valence-electron chi connectivity index (χ4n) is 1.86. The van der Waals surface area contributed by atoms with Gasteiger partial charge < -0.3 is 11.1 Å². The molecule has 1 saturated heterocycles. The number of hydrogen-bond acceptors (Lipinski definition) is 3. The van der Waals surface area contributed by atoms with Crippen LogP contribution in [0.3, 0.4) is 0 Å². The number of nitrogens with zero attached hydrogens (tertiary/aromatic N) is 1. The summed E-state index contributed by atoms with van der Waals surface area (Å²) >= 11 is 3.42. The van der Waals surface area contributed by atoms with Crippen LogP contribution in [-0.4, -0.2) is 11.5 Å². The van der Waals surface area contributed by atoms with Crippen LogP contribution in [0.25, 0.3) is 0 Å². The van der Waals surface area contributed by atoms with Crippen LogP contribution in [0.15, 0.2) is 16.7 Å². The van der Waals surface area contributed by atoms with Crippen molar-refractivity contribution in [1.29, 1.82) is 0 Å². The van der Waals surface area contributed by atoms with E-state index in [1.807, 2.05) is 0 Å². The van der Waals surface area contributed by atoms with Gasteiger partial charge in [0.1, 0.15) is 5.82 Å². The third-order valence-electron chi connectivity index (χ3n) is 2.60. The van der Waals surface area contributed by atoms with Crippen LogP contribution in [0, 0.1) is 0 Å². The molecule has 2 heterocycles. The van der Waals surface area contributed by atoms with E-state index in [1.165, 1.54) is 12.8 Å². The molecule has 1 atom stereocenters. The highest BCUT2D eigenvalue weighted by atomic mass is 79.9. The van der Waals surface area contributed by atoms with Crippen LogP contribution >= 0.6 is 15.9 Å². The van der Waals surface area contributed by atoms with Crippen molar-refractivity contribution in [2.75, 3.05) is 12.3 Å². The molecule has 0 saturated carbocycles. The van der Waals surface area contributed by atoms with Crippen LogP contribution in [-0.2, 0) is 0 Å². The van der Waals surface area contributed by atoms with Crippen molar-refractivity contribution in [3.63, 3.8) is 0 Å². The lowest BCUT2D eigenvalue weighted by Gasteiger charge is -2.24. The smallest absolute Gasteiger partial charge is 0.128 e. The highest BCUT2D eigenvalue weighted by molar-refractivity contribution is 9.10. The molecule has 1 aromatic rings. The zero-order valence-electron chi connectivity index (χ0n) is 7.96. The van der Waals surface area contributed by atoms with E-state index in [0.29, 0.717) is 11.9 Å². The Morgan fingerprint density at radius 2 is 2.36 bits per heavy atom. The lowest BCUT2D eigenvalue weighted by molar-refractivity contribution is 0.412. The molecule has 0 amide bonds. The van der Waals surface area contributed by atoms with Gasteiger partial charge in [-0.3, -0.25) is 0 Å². The molecule has 1 fully saturated rings. The molecular formula is C10H14BrN3. The summed E-state index contributed by atoms with van der Waals surface area (Å²) < 4.78 is 0.995. The summed E-state index contributed by atoms with van der Waals surface area (Å²) in [6.07, 6.45) is 5.42. The van der Waals surface area contributed by atoms with Gasteiger partial charge in [0.15, 0.2) is 0 Å². The number of piperidine rings is 1. The highest BCUT2D eigenvalue weighted by Gasteiger charge is 2.17. The van der Waals surface area contributed by atoms with E-state index in [2.05, 4.69) is 32.3 Å². The Morgan fingerprint density at radius 1 is 1.50 bits per heavy atom. The summed E-state index contributed by atoms with van der Waals surface area (Å²) in [6.45, 7) is 1.08. The van der Waals surface area contributed by atoms with E-state index in [4.69, 9.17) is 5.73 Å². The molecular weight excluding hydrogens is 242 g/mol. The Morgan fingerprint density at radius 3 is 3.07 bits per heavy atom. The topological polar surface area (TPSA) is 50.9 Å². The Hall–Kier alpha value is -0.610.